The van der Waals surface area contributed by atoms with Crippen LogP contribution in [0.5, 0.6) is 0 Å². The van der Waals surface area contributed by atoms with Gasteiger partial charge in [-0.15, -0.1) is 0 Å². The van der Waals surface area contributed by atoms with Crippen molar-refractivity contribution >= 4 is 0 Å². The molecule has 1 N–H and O–H groups in total. The van der Waals surface area contributed by atoms with Gasteiger partial charge in [0.1, 0.15) is 0 Å². The summed E-state index contributed by atoms with van der Waals surface area (Å²) in [5, 5.41) is 3.54. The third kappa shape index (κ3) is 4.84. The molecule has 0 aromatic carbocycles. The first-order valence-corrected chi connectivity index (χ1v) is 6.67. The van der Waals surface area contributed by atoms with E-state index in [0.29, 0.717) is 6.04 Å². The Bertz CT molecular complexity index is 283. The third-order valence-corrected chi connectivity index (χ3v) is 3.17. The maximum atomic E-state index is 4.20. The van der Waals surface area contributed by atoms with Gasteiger partial charge in [-0.2, -0.15) is 0 Å². The molecule has 1 rings (SSSR count). The lowest BCUT2D eigenvalue weighted by molar-refractivity contribution is 0.282. The third-order valence-electron chi connectivity index (χ3n) is 3.17. The Morgan fingerprint density at radius 3 is 2.59 bits per heavy atom. The zero-order chi connectivity index (χ0) is 12.5. The van der Waals surface area contributed by atoms with E-state index in [1.54, 1.807) is 0 Å². The maximum absolute atomic E-state index is 4.20. The molecule has 0 saturated heterocycles. The molecule has 0 spiro atoms. The molecule has 0 fully saturated rings. The SMILES string of the molecule is CCNC(CCN(CC)CC)c1cccnc1. The monoisotopic (exact) mass is 235 g/mol. The van der Waals surface area contributed by atoms with Crippen molar-refractivity contribution < 1.29 is 0 Å². The van der Waals surface area contributed by atoms with Crippen LogP contribution in [0, 0.1) is 0 Å². The van der Waals surface area contributed by atoms with E-state index in [0.717, 1.165) is 32.6 Å². The molecule has 0 aliphatic rings. The minimum absolute atomic E-state index is 0.425. The van der Waals surface area contributed by atoms with Crippen molar-refractivity contribution in [2.75, 3.05) is 26.2 Å². The molecular formula is C14H25N3. The van der Waals surface area contributed by atoms with Crippen LogP contribution in [0.1, 0.15) is 38.8 Å². The van der Waals surface area contributed by atoms with Gasteiger partial charge in [-0.05, 0) is 44.2 Å². The Balaban J connectivity index is 2.55. The van der Waals surface area contributed by atoms with Crippen molar-refractivity contribution in [1.29, 1.82) is 0 Å². The van der Waals surface area contributed by atoms with E-state index < -0.39 is 0 Å². The van der Waals surface area contributed by atoms with E-state index in [-0.39, 0.29) is 0 Å². The highest BCUT2D eigenvalue weighted by Gasteiger charge is 2.11. The van der Waals surface area contributed by atoms with Crippen LogP contribution in [0.2, 0.25) is 0 Å². The summed E-state index contributed by atoms with van der Waals surface area (Å²) >= 11 is 0. The van der Waals surface area contributed by atoms with Crippen LogP contribution in [-0.4, -0.2) is 36.1 Å². The van der Waals surface area contributed by atoms with Crippen LogP contribution in [0.3, 0.4) is 0 Å². The molecule has 1 unspecified atom stereocenters. The number of nitrogens with one attached hydrogen (secondary N) is 1. The lowest BCUT2D eigenvalue weighted by Crippen LogP contribution is -2.29. The number of nitrogens with zero attached hydrogens (tertiary/aromatic N) is 2. The predicted octanol–water partition coefficient (Wildman–Crippen LogP) is 2.46. The molecule has 0 saturated carbocycles. The van der Waals surface area contributed by atoms with Crippen molar-refractivity contribution in [3.8, 4) is 0 Å². The lowest BCUT2D eigenvalue weighted by Gasteiger charge is -2.23. The summed E-state index contributed by atoms with van der Waals surface area (Å²) in [6.45, 7) is 11.0. The van der Waals surface area contributed by atoms with Gasteiger partial charge in [-0.3, -0.25) is 4.98 Å². The fourth-order valence-electron chi connectivity index (χ4n) is 2.07. The second-order valence-electron chi connectivity index (χ2n) is 4.21. The smallest absolute Gasteiger partial charge is 0.0347 e. The fourth-order valence-corrected chi connectivity index (χ4v) is 2.07. The first kappa shape index (κ1) is 14.1. The van der Waals surface area contributed by atoms with Gasteiger partial charge in [0.05, 0.1) is 0 Å². The zero-order valence-electron chi connectivity index (χ0n) is 11.3. The highest BCUT2D eigenvalue weighted by atomic mass is 15.1. The number of rotatable bonds is 8. The van der Waals surface area contributed by atoms with Crippen LogP contribution >= 0.6 is 0 Å². The summed E-state index contributed by atoms with van der Waals surface area (Å²) in [6.07, 6.45) is 4.94. The Morgan fingerprint density at radius 1 is 1.29 bits per heavy atom. The van der Waals surface area contributed by atoms with Crippen molar-refractivity contribution in [1.82, 2.24) is 15.2 Å². The minimum atomic E-state index is 0.425. The molecule has 0 aliphatic carbocycles. The van der Waals surface area contributed by atoms with E-state index in [1.807, 2.05) is 18.5 Å². The molecule has 1 aromatic rings. The van der Waals surface area contributed by atoms with Crippen molar-refractivity contribution in [3.05, 3.63) is 30.1 Å². The van der Waals surface area contributed by atoms with Gasteiger partial charge < -0.3 is 10.2 Å². The zero-order valence-corrected chi connectivity index (χ0v) is 11.3. The quantitative estimate of drug-likeness (QED) is 0.750. The number of hydrogen-bond acceptors (Lipinski definition) is 3. The van der Waals surface area contributed by atoms with Gasteiger partial charge in [-0.1, -0.05) is 26.8 Å². The average molecular weight is 235 g/mol. The maximum Gasteiger partial charge on any atom is 0.0347 e. The molecule has 96 valence electrons. The van der Waals surface area contributed by atoms with Gasteiger partial charge >= 0.3 is 0 Å². The summed E-state index contributed by atoms with van der Waals surface area (Å²) in [5.41, 5.74) is 1.29. The van der Waals surface area contributed by atoms with E-state index in [4.69, 9.17) is 0 Å². The van der Waals surface area contributed by atoms with Crippen LogP contribution in [-0.2, 0) is 0 Å². The molecule has 0 bridgehead atoms. The van der Waals surface area contributed by atoms with Crippen molar-refractivity contribution in [3.63, 3.8) is 0 Å². The van der Waals surface area contributed by atoms with Crippen LogP contribution in [0.15, 0.2) is 24.5 Å². The molecule has 1 atom stereocenters. The molecule has 17 heavy (non-hydrogen) atoms. The summed E-state index contributed by atoms with van der Waals surface area (Å²) in [6, 6.07) is 4.59. The second kappa shape index (κ2) is 8.20. The highest BCUT2D eigenvalue weighted by molar-refractivity contribution is 5.13. The van der Waals surface area contributed by atoms with E-state index in [9.17, 15) is 0 Å². The van der Waals surface area contributed by atoms with E-state index >= 15 is 0 Å². The summed E-state index contributed by atoms with van der Waals surface area (Å²) in [7, 11) is 0. The molecule has 3 heteroatoms. The second-order valence-corrected chi connectivity index (χ2v) is 4.21. The number of hydrogen-bond donors (Lipinski definition) is 1. The first-order chi connectivity index (χ1) is 8.31. The molecular weight excluding hydrogens is 210 g/mol. The van der Waals surface area contributed by atoms with Gasteiger partial charge in [0.2, 0.25) is 0 Å². The first-order valence-electron chi connectivity index (χ1n) is 6.67. The fraction of sp³-hybridized carbons (Fsp3) is 0.643. The van der Waals surface area contributed by atoms with Crippen LogP contribution < -0.4 is 5.32 Å². The van der Waals surface area contributed by atoms with E-state index in [1.165, 1.54) is 5.56 Å². The van der Waals surface area contributed by atoms with Crippen molar-refractivity contribution in [2.24, 2.45) is 0 Å². The van der Waals surface area contributed by atoms with E-state index in [2.05, 4.69) is 42.0 Å². The Hall–Kier alpha value is -0.930. The standard InChI is InChI=1S/C14H25N3/c1-4-16-14(9-11-17(5-2)6-3)13-8-7-10-15-12-13/h7-8,10,12,14,16H,4-6,9,11H2,1-3H3. The normalized spacial score (nSPS) is 12.9. The van der Waals surface area contributed by atoms with Gasteiger partial charge in [0, 0.05) is 18.4 Å². The number of pyridine rings is 1. The lowest BCUT2D eigenvalue weighted by atomic mass is 10.1. The van der Waals surface area contributed by atoms with Gasteiger partial charge in [0.25, 0.3) is 0 Å². The summed E-state index contributed by atoms with van der Waals surface area (Å²) in [5.74, 6) is 0. The average Bonchev–Trinajstić information content (AvgIpc) is 2.39. The Labute approximate surface area is 105 Å². The molecule has 1 aromatic heterocycles. The van der Waals surface area contributed by atoms with Crippen molar-refractivity contribution in [2.45, 2.75) is 33.2 Å². The number of aromatic nitrogens is 1. The summed E-state index contributed by atoms with van der Waals surface area (Å²) < 4.78 is 0. The largest absolute Gasteiger partial charge is 0.310 e. The highest BCUT2D eigenvalue weighted by Crippen LogP contribution is 2.15. The molecule has 0 amide bonds. The molecule has 1 heterocycles. The molecule has 3 nitrogen and oxygen atoms in total. The Kier molecular flexibility index (Phi) is 6.82. The van der Waals surface area contributed by atoms with Gasteiger partial charge in [0.15, 0.2) is 0 Å². The summed E-state index contributed by atoms with van der Waals surface area (Å²) in [4.78, 5) is 6.66. The molecule has 0 radical (unpaired) electrons. The topological polar surface area (TPSA) is 28.2 Å². The minimum Gasteiger partial charge on any atom is -0.310 e. The Morgan fingerprint density at radius 2 is 2.06 bits per heavy atom. The van der Waals surface area contributed by atoms with Crippen LogP contribution in [0.25, 0.3) is 0 Å². The molecule has 0 aliphatic heterocycles. The van der Waals surface area contributed by atoms with Crippen LogP contribution in [0.4, 0.5) is 0 Å². The van der Waals surface area contributed by atoms with Gasteiger partial charge in [-0.25, -0.2) is 0 Å². The predicted molar refractivity (Wildman–Crippen MR) is 73.1 cm³/mol.